The molecule has 0 bridgehead atoms. The van der Waals surface area contributed by atoms with Crippen LogP contribution in [0, 0.1) is 0 Å². The molecule has 1 aromatic rings. The fourth-order valence-corrected chi connectivity index (χ4v) is 2.42. The van der Waals surface area contributed by atoms with E-state index in [0.717, 1.165) is 10.0 Å². The molecule has 2 N–H and O–H groups in total. The third-order valence-electron chi connectivity index (χ3n) is 2.47. The number of amides is 2. The van der Waals surface area contributed by atoms with Crippen molar-refractivity contribution in [3.8, 4) is 0 Å². The lowest BCUT2D eigenvalue weighted by Gasteiger charge is -2.11. The quantitative estimate of drug-likeness (QED) is 0.573. The van der Waals surface area contributed by atoms with Gasteiger partial charge in [-0.2, -0.15) is 0 Å². The molecule has 6 nitrogen and oxygen atoms in total. The van der Waals surface area contributed by atoms with E-state index in [1.807, 2.05) is 24.3 Å². The third-order valence-corrected chi connectivity index (χ3v) is 4.19. The van der Waals surface area contributed by atoms with Gasteiger partial charge in [0.15, 0.2) is 6.61 Å². The summed E-state index contributed by atoms with van der Waals surface area (Å²) < 4.78 is 5.87. The van der Waals surface area contributed by atoms with Gasteiger partial charge in [-0.25, -0.2) is 0 Å². The number of halogens is 1. The molecule has 8 heteroatoms. The van der Waals surface area contributed by atoms with Gasteiger partial charge in [0.25, 0.3) is 5.91 Å². The van der Waals surface area contributed by atoms with Crippen LogP contribution < -0.4 is 10.9 Å². The molecule has 0 spiro atoms. The molecule has 1 aromatic carbocycles. The highest BCUT2D eigenvalue weighted by atomic mass is 79.9. The molecule has 1 atom stereocenters. The highest BCUT2D eigenvalue weighted by Gasteiger charge is 2.16. The van der Waals surface area contributed by atoms with Gasteiger partial charge in [-0.1, -0.05) is 28.1 Å². The van der Waals surface area contributed by atoms with E-state index in [4.69, 9.17) is 4.74 Å². The maximum atomic E-state index is 11.7. The second-order valence-electron chi connectivity index (χ2n) is 4.42. The van der Waals surface area contributed by atoms with Crippen molar-refractivity contribution in [3.05, 3.63) is 34.3 Å². The smallest absolute Gasteiger partial charge is 0.319 e. The summed E-state index contributed by atoms with van der Waals surface area (Å²) >= 11 is 4.78. The standard InChI is InChI=1S/C14H17BrN2O4S/c1-9(22-8-11-3-5-12(15)6-4-11)14(20)21-7-13(19)17-16-10(2)18/h3-6,9H,7-8H2,1-2H3,(H,16,18)(H,17,19)/t9-/m1/s1. The first-order valence-corrected chi connectivity index (χ1v) is 8.30. The number of thioether (sulfide) groups is 1. The van der Waals surface area contributed by atoms with Crippen molar-refractivity contribution in [1.29, 1.82) is 0 Å². The molecule has 0 aliphatic rings. The lowest BCUT2D eigenvalue weighted by Crippen LogP contribution is -2.42. The predicted molar refractivity (Wildman–Crippen MR) is 87.8 cm³/mol. The number of nitrogens with one attached hydrogen (secondary N) is 2. The molecule has 0 aliphatic heterocycles. The van der Waals surface area contributed by atoms with Crippen LogP contribution in [0.2, 0.25) is 0 Å². The summed E-state index contributed by atoms with van der Waals surface area (Å²) in [5, 5.41) is -0.391. The SMILES string of the molecule is CC(=O)NNC(=O)COC(=O)[C@@H](C)SCc1ccc(Br)cc1. The maximum Gasteiger partial charge on any atom is 0.319 e. The summed E-state index contributed by atoms with van der Waals surface area (Å²) in [6, 6.07) is 7.81. The molecule has 0 aromatic heterocycles. The van der Waals surface area contributed by atoms with Crippen LogP contribution in [0.1, 0.15) is 19.4 Å². The number of carbonyl (C=O) groups excluding carboxylic acids is 3. The van der Waals surface area contributed by atoms with E-state index >= 15 is 0 Å². The van der Waals surface area contributed by atoms with Crippen LogP contribution >= 0.6 is 27.7 Å². The van der Waals surface area contributed by atoms with E-state index in [0.29, 0.717) is 5.75 Å². The van der Waals surface area contributed by atoms with Crippen molar-refractivity contribution in [1.82, 2.24) is 10.9 Å². The fourth-order valence-electron chi connectivity index (χ4n) is 1.32. The lowest BCUT2D eigenvalue weighted by molar-refractivity contribution is -0.148. The molecular weight excluding hydrogens is 372 g/mol. The highest BCUT2D eigenvalue weighted by molar-refractivity contribution is 9.10. The topological polar surface area (TPSA) is 84.5 Å². The number of hydrogen-bond donors (Lipinski definition) is 2. The molecule has 0 radical (unpaired) electrons. The molecule has 1 rings (SSSR count). The van der Waals surface area contributed by atoms with E-state index in [9.17, 15) is 14.4 Å². The Morgan fingerprint density at radius 2 is 1.86 bits per heavy atom. The van der Waals surface area contributed by atoms with Crippen LogP contribution in [-0.4, -0.2) is 29.6 Å². The zero-order chi connectivity index (χ0) is 16.5. The number of hydrogen-bond acceptors (Lipinski definition) is 5. The number of carbonyl (C=O) groups is 3. The Balaban J connectivity index is 2.28. The van der Waals surface area contributed by atoms with Crippen LogP contribution in [0.3, 0.4) is 0 Å². The highest BCUT2D eigenvalue weighted by Crippen LogP contribution is 2.20. The average Bonchev–Trinajstić information content (AvgIpc) is 2.49. The van der Waals surface area contributed by atoms with E-state index < -0.39 is 29.6 Å². The summed E-state index contributed by atoms with van der Waals surface area (Å²) in [6.45, 7) is 2.55. The Morgan fingerprint density at radius 1 is 1.23 bits per heavy atom. The van der Waals surface area contributed by atoms with Gasteiger partial charge in [0.05, 0.1) is 5.25 Å². The number of ether oxygens (including phenoxy) is 1. The minimum absolute atomic E-state index is 0.391. The monoisotopic (exact) mass is 388 g/mol. The first kappa shape index (κ1) is 18.5. The van der Waals surface area contributed by atoms with Crippen molar-refractivity contribution in [2.24, 2.45) is 0 Å². The van der Waals surface area contributed by atoms with Crippen LogP contribution in [0.25, 0.3) is 0 Å². The Kier molecular flexibility index (Phi) is 7.97. The minimum atomic E-state index is -0.589. The van der Waals surface area contributed by atoms with Crippen molar-refractivity contribution in [3.63, 3.8) is 0 Å². The molecule has 2 amide bonds. The maximum absolute atomic E-state index is 11.7. The fraction of sp³-hybridized carbons (Fsp3) is 0.357. The molecule has 0 fully saturated rings. The molecule has 0 unspecified atom stereocenters. The van der Waals surface area contributed by atoms with Gasteiger partial charge < -0.3 is 4.74 Å². The molecule has 120 valence electrons. The lowest BCUT2D eigenvalue weighted by atomic mass is 10.2. The van der Waals surface area contributed by atoms with Crippen molar-refractivity contribution >= 4 is 45.5 Å². The average molecular weight is 389 g/mol. The van der Waals surface area contributed by atoms with Crippen molar-refractivity contribution in [2.45, 2.75) is 24.9 Å². The summed E-state index contributed by atoms with van der Waals surface area (Å²) in [4.78, 5) is 33.6. The zero-order valence-electron chi connectivity index (χ0n) is 12.2. The number of esters is 1. The van der Waals surface area contributed by atoms with E-state index in [-0.39, 0.29) is 0 Å². The zero-order valence-corrected chi connectivity index (χ0v) is 14.6. The van der Waals surface area contributed by atoms with Crippen molar-refractivity contribution < 1.29 is 19.1 Å². The van der Waals surface area contributed by atoms with Crippen LogP contribution in [0.15, 0.2) is 28.7 Å². The van der Waals surface area contributed by atoms with Crippen LogP contribution in [-0.2, 0) is 24.9 Å². The number of hydrazine groups is 1. The van der Waals surface area contributed by atoms with Gasteiger partial charge in [0, 0.05) is 17.1 Å². The summed E-state index contributed by atoms with van der Waals surface area (Å²) in [5.74, 6) is -0.798. The van der Waals surface area contributed by atoms with Gasteiger partial charge in [0.2, 0.25) is 5.91 Å². The molecule has 0 saturated carbocycles. The van der Waals surface area contributed by atoms with Crippen LogP contribution in [0.4, 0.5) is 0 Å². The largest absolute Gasteiger partial charge is 0.455 e. The van der Waals surface area contributed by atoms with Gasteiger partial charge in [-0.15, -0.1) is 11.8 Å². The second kappa shape index (κ2) is 9.47. The normalized spacial score (nSPS) is 11.4. The third kappa shape index (κ3) is 7.46. The van der Waals surface area contributed by atoms with Crippen LogP contribution in [0.5, 0.6) is 0 Å². The Bertz CT molecular complexity index is 536. The van der Waals surface area contributed by atoms with Gasteiger partial charge in [-0.3, -0.25) is 25.2 Å². The second-order valence-corrected chi connectivity index (χ2v) is 6.66. The number of rotatable bonds is 6. The Labute approximate surface area is 141 Å². The molecule has 0 heterocycles. The Morgan fingerprint density at radius 3 is 2.45 bits per heavy atom. The first-order chi connectivity index (χ1) is 10.4. The molecule has 0 aliphatic carbocycles. The summed E-state index contributed by atoms with van der Waals surface area (Å²) in [7, 11) is 0. The molecule has 0 saturated heterocycles. The van der Waals surface area contributed by atoms with E-state index in [1.54, 1.807) is 6.92 Å². The number of benzene rings is 1. The summed E-state index contributed by atoms with van der Waals surface area (Å²) in [6.07, 6.45) is 0. The van der Waals surface area contributed by atoms with Gasteiger partial charge in [-0.05, 0) is 24.6 Å². The van der Waals surface area contributed by atoms with E-state index in [2.05, 4.69) is 26.8 Å². The summed E-state index contributed by atoms with van der Waals surface area (Å²) in [5.41, 5.74) is 5.32. The Hall–Kier alpha value is -1.54. The minimum Gasteiger partial charge on any atom is -0.455 e. The van der Waals surface area contributed by atoms with Gasteiger partial charge in [0.1, 0.15) is 0 Å². The molecular formula is C14H17BrN2O4S. The molecule has 22 heavy (non-hydrogen) atoms. The van der Waals surface area contributed by atoms with Crippen molar-refractivity contribution in [2.75, 3.05) is 6.61 Å². The predicted octanol–water partition coefficient (Wildman–Crippen LogP) is 1.78. The van der Waals surface area contributed by atoms with Gasteiger partial charge >= 0.3 is 5.97 Å². The first-order valence-electron chi connectivity index (χ1n) is 6.46. The van der Waals surface area contributed by atoms with E-state index in [1.165, 1.54) is 18.7 Å².